The van der Waals surface area contributed by atoms with Crippen molar-refractivity contribution in [2.45, 2.75) is 26.0 Å². The molecule has 2 N–H and O–H groups in total. The van der Waals surface area contributed by atoms with Gasteiger partial charge in [-0.15, -0.1) is 0 Å². The smallest absolute Gasteiger partial charge is 0.324 e. The second-order valence-electron chi connectivity index (χ2n) is 8.11. The molecule has 170 valence electrons. The minimum atomic E-state index is -0.636. The normalized spacial score (nSPS) is 14.8. The molecule has 6 nitrogen and oxygen atoms in total. The van der Waals surface area contributed by atoms with Crippen molar-refractivity contribution in [3.05, 3.63) is 95.3 Å². The summed E-state index contributed by atoms with van der Waals surface area (Å²) in [7, 11) is 0. The molecule has 0 bridgehead atoms. The fourth-order valence-electron chi connectivity index (χ4n) is 3.89. The molecule has 33 heavy (non-hydrogen) atoms. The molecule has 0 radical (unpaired) electrons. The lowest BCUT2D eigenvalue weighted by molar-refractivity contribution is 0.102. The van der Waals surface area contributed by atoms with Crippen LogP contribution < -0.4 is 10.2 Å². The lowest BCUT2D eigenvalue weighted by atomic mass is 10.1. The van der Waals surface area contributed by atoms with Crippen molar-refractivity contribution >= 4 is 23.3 Å². The maximum absolute atomic E-state index is 14.1. The summed E-state index contributed by atoms with van der Waals surface area (Å²) in [6, 6.07) is 20.1. The van der Waals surface area contributed by atoms with Crippen molar-refractivity contribution in [3.63, 3.8) is 0 Å². The Bertz CT molecular complexity index is 1160. The number of carbonyl (C=O) groups is 2. The van der Waals surface area contributed by atoms with Gasteiger partial charge in [-0.05, 0) is 55.3 Å². The number of benzene rings is 3. The molecule has 1 fully saturated rings. The average Bonchev–Trinajstić information content (AvgIpc) is 2.82. The Hall–Kier alpha value is -3.71. The zero-order valence-electron chi connectivity index (χ0n) is 18.4. The minimum absolute atomic E-state index is 0.196. The first-order valence-electron chi connectivity index (χ1n) is 10.9. The lowest BCUT2D eigenvalue weighted by Crippen LogP contribution is -2.49. The summed E-state index contributed by atoms with van der Waals surface area (Å²) in [6.45, 7) is 2.93. The van der Waals surface area contributed by atoms with Crippen LogP contribution in [0.4, 0.5) is 20.6 Å². The lowest BCUT2D eigenvalue weighted by Gasteiger charge is -2.36. The molecule has 1 aliphatic rings. The van der Waals surface area contributed by atoms with Crippen molar-refractivity contribution in [2.24, 2.45) is 0 Å². The summed E-state index contributed by atoms with van der Waals surface area (Å²) in [5, 5.41) is 12.6. The molecule has 1 atom stereocenters. The van der Waals surface area contributed by atoms with Crippen molar-refractivity contribution in [2.75, 3.05) is 23.3 Å². The van der Waals surface area contributed by atoms with Crippen molar-refractivity contribution in [3.8, 4) is 0 Å². The largest absolute Gasteiger partial charge is 0.389 e. The highest BCUT2D eigenvalue weighted by Crippen LogP contribution is 2.24. The number of aliphatic hydroxyl groups is 1. The third-order valence-corrected chi connectivity index (χ3v) is 5.68. The number of hydrogen-bond acceptors (Lipinski definition) is 3. The van der Waals surface area contributed by atoms with Crippen molar-refractivity contribution in [1.29, 1.82) is 0 Å². The first-order chi connectivity index (χ1) is 15.9. The zero-order valence-corrected chi connectivity index (χ0v) is 18.4. The van der Waals surface area contributed by atoms with Crippen LogP contribution in [-0.4, -0.2) is 35.0 Å². The molecular weight excluding hydrogens is 421 g/mol. The first kappa shape index (κ1) is 22.5. The Morgan fingerprint density at radius 2 is 1.85 bits per heavy atom. The summed E-state index contributed by atoms with van der Waals surface area (Å²) < 4.78 is 14.1. The number of amides is 3. The van der Waals surface area contributed by atoms with Gasteiger partial charge in [-0.2, -0.15) is 0 Å². The average molecular weight is 448 g/mol. The van der Waals surface area contributed by atoms with E-state index in [0.29, 0.717) is 41.2 Å². The molecule has 0 spiro atoms. The van der Waals surface area contributed by atoms with Crippen LogP contribution in [0.3, 0.4) is 0 Å². The Kier molecular flexibility index (Phi) is 6.70. The van der Waals surface area contributed by atoms with E-state index < -0.39 is 6.10 Å². The predicted molar refractivity (Wildman–Crippen MR) is 126 cm³/mol. The third-order valence-electron chi connectivity index (χ3n) is 5.68. The standard InChI is InChI=1S/C26H26FN3O3/c1-18(31)19-8-4-10-22(15-19)28-25(32)20-9-5-11-23(16-20)30-14-6-13-29(26(30)33)17-21-7-2-3-12-24(21)27/h2-5,7-12,15-16,18,31H,6,13-14,17H2,1H3,(H,28,32). The summed E-state index contributed by atoms with van der Waals surface area (Å²) in [5.74, 6) is -0.645. The number of urea groups is 1. The molecule has 1 saturated heterocycles. The maximum Gasteiger partial charge on any atom is 0.324 e. The molecule has 1 heterocycles. The summed E-state index contributed by atoms with van der Waals surface area (Å²) >= 11 is 0. The van der Waals surface area contributed by atoms with Crippen molar-refractivity contribution < 1.29 is 19.1 Å². The Balaban J connectivity index is 1.49. The predicted octanol–water partition coefficient (Wildman–Crippen LogP) is 4.96. The number of halogens is 1. The third kappa shape index (κ3) is 5.21. The fourth-order valence-corrected chi connectivity index (χ4v) is 3.89. The first-order valence-corrected chi connectivity index (χ1v) is 10.9. The SMILES string of the molecule is CC(O)c1cccc(NC(=O)c2cccc(N3CCCN(Cc4ccccc4F)C3=O)c2)c1. The second-order valence-corrected chi connectivity index (χ2v) is 8.11. The van der Waals surface area contributed by atoms with Gasteiger partial charge in [0.2, 0.25) is 0 Å². The monoisotopic (exact) mass is 447 g/mol. The Labute approximate surface area is 192 Å². The second kappa shape index (κ2) is 9.83. The number of aliphatic hydroxyl groups excluding tert-OH is 1. The molecule has 4 rings (SSSR count). The van der Waals surface area contributed by atoms with Crippen molar-refractivity contribution in [1.82, 2.24) is 4.90 Å². The van der Waals surface area contributed by atoms with Gasteiger partial charge in [-0.1, -0.05) is 36.4 Å². The summed E-state index contributed by atoms with van der Waals surface area (Å²) in [4.78, 5) is 29.2. The summed E-state index contributed by atoms with van der Waals surface area (Å²) in [6.07, 6.45) is 0.102. The molecule has 3 amide bonds. The van der Waals surface area contributed by atoms with Gasteiger partial charge in [0.05, 0.1) is 12.6 Å². The molecule has 0 aliphatic carbocycles. The molecule has 0 saturated carbocycles. The van der Waals surface area contributed by atoms with E-state index in [-0.39, 0.29) is 24.3 Å². The molecule has 1 unspecified atom stereocenters. The van der Waals surface area contributed by atoms with Crippen LogP contribution in [0.2, 0.25) is 0 Å². The van der Waals surface area contributed by atoms with Crippen LogP contribution in [0.1, 0.15) is 40.9 Å². The number of nitrogens with one attached hydrogen (secondary N) is 1. The van der Waals surface area contributed by atoms with E-state index in [9.17, 15) is 19.1 Å². The number of anilines is 2. The van der Waals surface area contributed by atoms with E-state index >= 15 is 0 Å². The zero-order chi connectivity index (χ0) is 23.4. The highest BCUT2D eigenvalue weighted by atomic mass is 19.1. The van der Waals surface area contributed by atoms with Gasteiger partial charge >= 0.3 is 6.03 Å². The van der Waals surface area contributed by atoms with Crippen LogP contribution in [0.5, 0.6) is 0 Å². The molecular formula is C26H26FN3O3. The highest BCUT2D eigenvalue weighted by molar-refractivity contribution is 6.05. The Morgan fingerprint density at radius 1 is 1.06 bits per heavy atom. The Morgan fingerprint density at radius 3 is 2.64 bits per heavy atom. The van der Waals surface area contributed by atoms with Gasteiger partial charge in [-0.3, -0.25) is 9.69 Å². The van der Waals surface area contributed by atoms with E-state index in [4.69, 9.17) is 0 Å². The summed E-state index contributed by atoms with van der Waals surface area (Å²) in [5.41, 5.74) is 2.78. The topological polar surface area (TPSA) is 72.9 Å². The van der Waals surface area contributed by atoms with Gasteiger partial charge in [0.1, 0.15) is 5.82 Å². The number of carbonyl (C=O) groups excluding carboxylic acids is 2. The van der Waals surface area contributed by atoms with Gasteiger partial charge in [0.15, 0.2) is 0 Å². The van der Waals surface area contributed by atoms with Crippen LogP contribution in [0.15, 0.2) is 72.8 Å². The number of rotatable bonds is 6. The maximum atomic E-state index is 14.1. The van der Waals surface area contributed by atoms with Crippen LogP contribution in [0, 0.1) is 5.82 Å². The van der Waals surface area contributed by atoms with Gasteiger partial charge < -0.3 is 15.3 Å². The van der Waals surface area contributed by atoms with E-state index in [2.05, 4.69) is 5.32 Å². The fraction of sp³-hybridized carbons (Fsp3) is 0.231. The van der Waals surface area contributed by atoms with Crippen LogP contribution in [0.25, 0.3) is 0 Å². The van der Waals surface area contributed by atoms with E-state index in [1.165, 1.54) is 6.07 Å². The highest BCUT2D eigenvalue weighted by Gasteiger charge is 2.27. The van der Waals surface area contributed by atoms with Crippen LogP contribution in [-0.2, 0) is 6.54 Å². The number of hydrogen-bond donors (Lipinski definition) is 2. The van der Waals surface area contributed by atoms with E-state index in [0.717, 1.165) is 6.42 Å². The number of nitrogens with zero attached hydrogens (tertiary/aromatic N) is 2. The molecule has 7 heteroatoms. The van der Waals surface area contributed by atoms with Gasteiger partial charge in [0, 0.05) is 35.6 Å². The van der Waals surface area contributed by atoms with Crippen LogP contribution >= 0.6 is 0 Å². The molecule has 0 aromatic heterocycles. The van der Waals surface area contributed by atoms with Gasteiger partial charge in [-0.25, -0.2) is 9.18 Å². The quantitative estimate of drug-likeness (QED) is 0.561. The van der Waals surface area contributed by atoms with Gasteiger partial charge in [0.25, 0.3) is 5.91 Å². The van der Waals surface area contributed by atoms with E-state index in [1.807, 2.05) is 0 Å². The minimum Gasteiger partial charge on any atom is -0.389 e. The molecule has 3 aromatic carbocycles. The molecule has 1 aliphatic heterocycles. The van der Waals surface area contributed by atoms with E-state index in [1.54, 1.807) is 83.5 Å². The molecule has 3 aromatic rings.